The van der Waals surface area contributed by atoms with E-state index in [0.29, 0.717) is 13.0 Å². The Bertz CT molecular complexity index is 512. The lowest BCUT2D eigenvalue weighted by atomic mass is 9.80. The first-order chi connectivity index (χ1) is 9.66. The van der Waals surface area contributed by atoms with Crippen LogP contribution < -0.4 is 5.73 Å². The molecular weight excluding hydrogens is 330 g/mol. The van der Waals surface area contributed by atoms with E-state index in [-0.39, 0.29) is 17.4 Å². The molecule has 1 atom stereocenters. The summed E-state index contributed by atoms with van der Waals surface area (Å²) in [5.74, 6) is -0.154. The van der Waals surface area contributed by atoms with Crippen molar-refractivity contribution >= 4 is 21.9 Å². The SMILES string of the molecule is CCOC(=O)CC(C)(C)CC(N)c1cc(C)c(Br)cc1C. The Morgan fingerprint density at radius 1 is 1.33 bits per heavy atom. The van der Waals surface area contributed by atoms with Gasteiger partial charge < -0.3 is 10.5 Å². The van der Waals surface area contributed by atoms with E-state index in [1.54, 1.807) is 0 Å². The molecule has 0 fully saturated rings. The van der Waals surface area contributed by atoms with E-state index in [0.717, 1.165) is 16.5 Å². The number of nitrogens with two attached hydrogens (primary N) is 1. The van der Waals surface area contributed by atoms with E-state index in [4.69, 9.17) is 10.5 Å². The molecule has 21 heavy (non-hydrogen) atoms. The smallest absolute Gasteiger partial charge is 0.306 e. The lowest BCUT2D eigenvalue weighted by Gasteiger charge is -2.28. The summed E-state index contributed by atoms with van der Waals surface area (Å²) in [7, 11) is 0. The van der Waals surface area contributed by atoms with Gasteiger partial charge in [0.15, 0.2) is 0 Å². The molecular formula is C17H26BrNO2. The molecule has 0 aliphatic heterocycles. The minimum absolute atomic E-state index is 0.0822. The number of carbonyl (C=O) groups is 1. The summed E-state index contributed by atoms with van der Waals surface area (Å²) < 4.78 is 6.14. The fourth-order valence-corrected chi connectivity index (χ4v) is 3.04. The van der Waals surface area contributed by atoms with Gasteiger partial charge in [0.25, 0.3) is 0 Å². The zero-order chi connectivity index (χ0) is 16.2. The van der Waals surface area contributed by atoms with Crippen molar-refractivity contribution in [1.82, 2.24) is 0 Å². The van der Waals surface area contributed by atoms with Gasteiger partial charge in [0.05, 0.1) is 13.0 Å². The van der Waals surface area contributed by atoms with Gasteiger partial charge in [-0.1, -0.05) is 35.8 Å². The number of benzene rings is 1. The molecule has 0 spiro atoms. The van der Waals surface area contributed by atoms with Crippen LogP contribution in [0.15, 0.2) is 16.6 Å². The average Bonchev–Trinajstić information content (AvgIpc) is 2.32. The summed E-state index contributed by atoms with van der Waals surface area (Å²) in [5, 5.41) is 0. The van der Waals surface area contributed by atoms with Gasteiger partial charge in [0, 0.05) is 10.5 Å². The molecule has 1 aromatic rings. The van der Waals surface area contributed by atoms with Crippen molar-refractivity contribution in [3.8, 4) is 0 Å². The second-order valence-electron chi connectivity index (χ2n) is 6.41. The number of aryl methyl sites for hydroxylation is 2. The van der Waals surface area contributed by atoms with Crippen molar-refractivity contribution in [3.05, 3.63) is 33.3 Å². The number of halogens is 1. The van der Waals surface area contributed by atoms with Gasteiger partial charge in [-0.3, -0.25) is 4.79 Å². The van der Waals surface area contributed by atoms with Crippen LogP contribution in [0, 0.1) is 19.3 Å². The third-order valence-electron chi connectivity index (χ3n) is 3.65. The number of rotatable bonds is 6. The third kappa shape index (κ3) is 5.44. The molecule has 2 N–H and O–H groups in total. The molecule has 0 aromatic heterocycles. The topological polar surface area (TPSA) is 52.3 Å². The lowest BCUT2D eigenvalue weighted by Crippen LogP contribution is -2.25. The largest absolute Gasteiger partial charge is 0.466 e. The van der Waals surface area contributed by atoms with Gasteiger partial charge in [-0.15, -0.1) is 0 Å². The first-order valence-corrected chi connectivity index (χ1v) is 8.13. The first-order valence-electron chi connectivity index (χ1n) is 7.34. The number of carbonyl (C=O) groups excluding carboxylic acids is 1. The average molecular weight is 356 g/mol. The highest BCUT2D eigenvalue weighted by Crippen LogP contribution is 2.34. The molecule has 3 nitrogen and oxygen atoms in total. The molecule has 0 heterocycles. The highest BCUT2D eigenvalue weighted by atomic mass is 79.9. The maximum absolute atomic E-state index is 11.7. The van der Waals surface area contributed by atoms with Crippen molar-refractivity contribution in [1.29, 1.82) is 0 Å². The first kappa shape index (κ1) is 18.2. The normalized spacial score (nSPS) is 13.1. The van der Waals surface area contributed by atoms with E-state index in [1.807, 2.05) is 6.92 Å². The van der Waals surface area contributed by atoms with Gasteiger partial charge in [-0.05, 0) is 55.4 Å². The Balaban J connectivity index is 2.82. The summed E-state index contributed by atoms with van der Waals surface area (Å²) in [6.45, 7) is 10.5. The Kier molecular flexibility index (Phi) is 6.41. The minimum atomic E-state index is -0.181. The van der Waals surface area contributed by atoms with Gasteiger partial charge in [-0.2, -0.15) is 0 Å². The minimum Gasteiger partial charge on any atom is -0.466 e. The highest BCUT2D eigenvalue weighted by Gasteiger charge is 2.26. The van der Waals surface area contributed by atoms with E-state index in [9.17, 15) is 4.79 Å². The standard InChI is InChI=1S/C17H26BrNO2/c1-6-21-16(20)10-17(4,5)9-15(19)13-7-12(3)14(18)8-11(13)2/h7-8,15H,6,9-10,19H2,1-5H3. The van der Waals surface area contributed by atoms with Gasteiger partial charge in [-0.25, -0.2) is 0 Å². The molecule has 0 bridgehead atoms. The van der Waals surface area contributed by atoms with Gasteiger partial charge in [0.1, 0.15) is 0 Å². The monoisotopic (exact) mass is 355 g/mol. The lowest BCUT2D eigenvalue weighted by molar-refractivity contribution is -0.145. The fraction of sp³-hybridized carbons (Fsp3) is 0.588. The van der Waals surface area contributed by atoms with E-state index in [1.165, 1.54) is 11.1 Å². The maximum Gasteiger partial charge on any atom is 0.306 e. The quantitative estimate of drug-likeness (QED) is 0.767. The van der Waals surface area contributed by atoms with Crippen LogP contribution in [-0.4, -0.2) is 12.6 Å². The van der Waals surface area contributed by atoms with Crippen LogP contribution in [0.1, 0.15) is 56.3 Å². The van der Waals surface area contributed by atoms with Crippen LogP contribution >= 0.6 is 15.9 Å². The molecule has 0 radical (unpaired) electrons. The third-order valence-corrected chi connectivity index (χ3v) is 4.50. The number of hydrogen-bond donors (Lipinski definition) is 1. The second kappa shape index (κ2) is 7.41. The Morgan fingerprint density at radius 2 is 1.95 bits per heavy atom. The van der Waals surface area contributed by atoms with E-state index < -0.39 is 0 Å². The van der Waals surface area contributed by atoms with E-state index in [2.05, 4.69) is 55.8 Å². The fourth-order valence-electron chi connectivity index (χ4n) is 2.58. The zero-order valence-electron chi connectivity index (χ0n) is 13.6. The van der Waals surface area contributed by atoms with Crippen LogP contribution in [0.5, 0.6) is 0 Å². The molecule has 1 aromatic carbocycles. The second-order valence-corrected chi connectivity index (χ2v) is 7.27. The molecule has 1 unspecified atom stereocenters. The molecule has 0 aliphatic carbocycles. The molecule has 0 saturated carbocycles. The van der Waals surface area contributed by atoms with Crippen LogP contribution in [0.25, 0.3) is 0 Å². The number of esters is 1. The summed E-state index contributed by atoms with van der Waals surface area (Å²) in [6, 6.07) is 4.15. The van der Waals surface area contributed by atoms with Crippen molar-refractivity contribution in [3.63, 3.8) is 0 Å². The van der Waals surface area contributed by atoms with Crippen molar-refractivity contribution in [2.45, 2.75) is 53.5 Å². The van der Waals surface area contributed by atoms with Crippen molar-refractivity contribution < 1.29 is 9.53 Å². The van der Waals surface area contributed by atoms with Gasteiger partial charge >= 0.3 is 5.97 Å². The summed E-state index contributed by atoms with van der Waals surface area (Å²) in [4.78, 5) is 11.7. The Hall–Kier alpha value is -0.870. The predicted octanol–water partition coefficient (Wildman–Crippen LogP) is 4.44. The van der Waals surface area contributed by atoms with Crippen molar-refractivity contribution in [2.75, 3.05) is 6.61 Å². The Morgan fingerprint density at radius 3 is 2.52 bits per heavy atom. The molecule has 118 valence electrons. The highest BCUT2D eigenvalue weighted by molar-refractivity contribution is 9.10. The molecule has 0 saturated heterocycles. The van der Waals surface area contributed by atoms with Crippen LogP contribution in [0.3, 0.4) is 0 Å². The van der Waals surface area contributed by atoms with Crippen LogP contribution in [-0.2, 0) is 9.53 Å². The predicted molar refractivity (Wildman–Crippen MR) is 90.2 cm³/mol. The number of hydrogen-bond acceptors (Lipinski definition) is 3. The summed E-state index contributed by atoms with van der Waals surface area (Å²) in [6.07, 6.45) is 1.14. The zero-order valence-corrected chi connectivity index (χ0v) is 15.2. The Labute approximate surface area is 136 Å². The van der Waals surface area contributed by atoms with Gasteiger partial charge in [0.2, 0.25) is 0 Å². The van der Waals surface area contributed by atoms with E-state index >= 15 is 0 Å². The molecule has 0 amide bonds. The summed E-state index contributed by atoms with van der Waals surface area (Å²) in [5.41, 5.74) is 9.70. The summed E-state index contributed by atoms with van der Waals surface area (Å²) >= 11 is 3.54. The van der Waals surface area contributed by atoms with Crippen LogP contribution in [0.2, 0.25) is 0 Å². The molecule has 1 rings (SSSR count). The van der Waals surface area contributed by atoms with Crippen LogP contribution in [0.4, 0.5) is 0 Å². The maximum atomic E-state index is 11.7. The van der Waals surface area contributed by atoms with Crippen molar-refractivity contribution in [2.24, 2.45) is 11.1 Å². The number of ether oxygens (including phenoxy) is 1. The molecule has 4 heteroatoms. The molecule has 0 aliphatic rings.